The van der Waals surface area contributed by atoms with Crippen LogP contribution in [0.2, 0.25) is 0 Å². The topological polar surface area (TPSA) is 47.9 Å². The number of phenols is 1. The molecule has 0 spiro atoms. The monoisotopic (exact) mass is 380 g/mol. The van der Waals surface area contributed by atoms with Crippen LogP contribution >= 0.6 is 0 Å². The van der Waals surface area contributed by atoms with Gasteiger partial charge in [-0.25, -0.2) is 0 Å². The fourth-order valence-corrected chi connectivity index (χ4v) is 2.98. The Labute approximate surface area is 165 Å². The van der Waals surface area contributed by atoms with Crippen molar-refractivity contribution in [3.8, 4) is 11.5 Å². The molecule has 1 fully saturated rings. The number of rotatable bonds is 6. The highest BCUT2D eigenvalue weighted by Crippen LogP contribution is 2.39. The summed E-state index contributed by atoms with van der Waals surface area (Å²) in [5.41, 5.74) is 0.860. The van der Waals surface area contributed by atoms with E-state index < -0.39 is 18.5 Å². The van der Waals surface area contributed by atoms with Crippen molar-refractivity contribution in [1.29, 1.82) is 0 Å². The Hall–Kier alpha value is -1.28. The van der Waals surface area contributed by atoms with E-state index in [1.807, 2.05) is 39.8 Å². The van der Waals surface area contributed by atoms with E-state index in [9.17, 15) is 5.11 Å². The molecule has 1 saturated heterocycles. The smallest absolute Gasteiger partial charge is 0.511 e. The molecule has 1 aliphatic heterocycles. The maximum absolute atomic E-state index is 10.6. The fourth-order valence-electron chi connectivity index (χ4n) is 2.98. The van der Waals surface area contributed by atoms with Crippen LogP contribution in [-0.2, 0) is 22.4 Å². The van der Waals surface area contributed by atoms with Gasteiger partial charge < -0.3 is 28.0 Å². The Kier molecular flexibility index (Phi) is 5.67. The van der Waals surface area contributed by atoms with Crippen LogP contribution in [0.15, 0.2) is 12.1 Å². The molecule has 0 aromatic heterocycles. The molecule has 27 heavy (non-hydrogen) atoms. The molecular formula is C20H37BN2O4+2. The van der Waals surface area contributed by atoms with Gasteiger partial charge >= 0.3 is 7.32 Å². The third-order valence-electron chi connectivity index (χ3n) is 5.01. The normalized spacial score (nSPS) is 19.4. The SMILES string of the molecule is CC1(C)OB(Oc2cc(C[N+](C)(C)C)c(O)cc2C[N+](C)(C)C)OC1(C)C. The molecule has 7 heteroatoms. The highest BCUT2D eigenvalue weighted by molar-refractivity contribution is 6.38. The zero-order valence-electron chi connectivity index (χ0n) is 18.7. The average molecular weight is 380 g/mol. The molecule has 1 heterocycles. The number of phenolic OH excluding ortho intramolecular Hbond substituents is 1. The first-order valence-electron chi connectivity index (χ1n) is 9.47. The first kappa shape index (κ1) is 22.0. The molecule has 1 aromatic carbocycles. The van der Waals surface area contributed by atoms with Gasteiger partial charge in [0.1, 0.15) is 24.6 Å². The second-order valence-electron chi connectivity index (χ2n) is 10.6. The van der Waals surface area contributed by atoms with E-state index in [1.54, 1.807) is 0 Å². The Morgan fingerprint density at radius 3 is 1.74 bits per heavy atom. The average Bonchev–Trinajstić information content (AvgIpc) is 2.59. The summed E-state index contributed by atoms with van der Waals surface area (Å²) in [6.45, 7) is 9.42. The van der Waals surface area contributed by atoms with Crippen molar-refractivity contribution in [3.63, 3.8) is 0 Å². The molecule has 1 aromatic rings. The van der Waals surface area contributed by atoms with Crippen molar-refractivity contribution in [2.24, 2.45) is 0 Å². The molecule has 1 N–H and O–H groups in total. The Morgan fingerprint density at radius 2 is 1.30 bits per heavy atom. The minimum atomic E-state index is -0.775. The van der Waals surface area contributed by atoms with Crippen LogP contribution in [0.1, 0.15) is 38.8 Å². The number of aromatic hydroxyl groups is 1. The molecule has 0 radical (unpaired) electrons. The summed E-state index contributed by atoms with van der Waals surface area (Å²) >= 11 is 0. The number of hydrogen-bond acceptors (Lipinski definition) is 4. The lowest BCUT2D eigenvalue weighted by molar-refractivity contribution is -0.884. The van der Waals surface area contributed by atoms with E-state index >= 15 is 0 Å². The van der Waals surface area contributed by atoms with Gasteiger partial charge in [-0.05, 0) is 39.8 Å². The molecule has 2 rings (SSSR count). The number of hydrogen-bond donors (Lipinski definition) is 1. The van der Waals surface area contributed by atoms with Crippen LogP contribution < -0.4 is 4.65 Å². The van der Waals surface area contributed by atoms with E-state index in [2.05, 4.69) is 42.3 Å². The zero-order chi connectivity index (χ0) is 20.8. The molecule has 0 amide bonds. The quantitative estimate of drug-likeness (QED) is 0.609. The molecule has 1 aliphatic rings. The van der Waals surface area contributed by atoms with E-state index in [1.165, 1.54) is 0 Å². The van der Waals surface area contributed by atoms with Crippen LogP contribution in [0.4, 0.5) is 0 Å². The van der Waals surface area contributed by atoms with Gasteiger partial charge in [-0.15, -0.1) is 0 Å². The van der Waals surface area contributed by atoms with E-state index in [-0.39, 0.29) is 0 Å². The fraction of sp³-hybridized carbons (Fsp3) is 0.700. The molecule has 0 bridgehead atoms. The van der Waals surface area contributed by atoms with Gasteiger partial charge in [-0.2, -0.15) is 0 Å². The van der Waals surface area contributed by atoms with Crippen molar-refractivity contribution >= 4 is 7.32 Å². The summed E-state index contributed by atoms with van der Waals surface area (Å²) in [5.74, 6) is 0.996. The van der Waals surface area contributed by atoms with Gasteiger partial charge in [0.25, 0.3) is 0 Å². The molecule has 152 valence electrons. The summed E-state index contributed by atoms with van der Waals surface area (Å²) in [7, 11) is 11.8. The van der Waals surface area contributed by atoms with E-state index in [0.29, 0.717) is 33.6 Å². The Balaban J connectivity index is 2.38. The summed E-state index contributed by atoms with van der Waals surface area (Å²) in [5, 5.41) is 10.6. The van der Waals surface area contributed by atoms with E-state index in [0.717, 1.165) is 11.1 Å². The first-order chi connectivity index (χ1) is 12.0. The summed E-state index contributed by atoms with van der Waals surface area (Å²) in [6, 6.07) is 3.74. The highest BCUT2D eigenvalue weighted by atomic mass is 16.8. The minimum Gasteiger partial charge on any atom is -0.511 e. The second kappa shape index (κ2) is 6.96. The number of quaternary nitrogens is 2. The lowest BCUT2D eigenvalue weighted by Gasteiger charge is -2.31. The molecule has 6 nitrogen and oxygen atoms in total. The lowest BCUT2D eigenvalue weighted by Crippen LogP contribution is -2.41. The second-order valence-corrected chi connectivity index (χ2v) is 10.6. The van der Waals surface area contributed by atoms with Crippen LogP contribution in [0.25, 0.3) is 0 Å². The van der Waals surface area contributed by atoms with Gasteiger partial charge in [0, 0.05) is 0 Å². The summed E-state index contributed by atoms with van der Waals surface area (Å²) in [6.07, 6.45) is 0. The molecule has 0 saturated carbocycles. The summed E-state index contributed by atoms with van der Waals surface area (Å²) in [4.78, 5) is 0. The van der Waals surface area contributed by atoms with Crippen molar-refractivity contribution in [2.75, 3.05) is 42.3 Å². The third-order valence-corrected chi connectivity index (χ3v) is 5.01. The maximum Gasteiger partial charge on any atom is 0.714 e. The lowest BCUT2D eigenvalue weighted by atomic mass is 9.90. The van der Waals surface area contributed by atoms with Gasteiger partial charge in [-0.1, -0.05) is 0 Å². The van der Waals surface area contributed by atoms with Crippen LogP contribution in [0, 0.1) is 0 Å². The Morgan fingerprint density at radius 1 is 0.852 bits per heavy atom. The minimum absolute atomic E-state index is 0.299. The van der Waals surface area contributed by atoms with Crippen LogP contribution in [-0.4, -0.2) is 74.9 Å². The maximum atomic E-state index is 10.6. The highest BCUT2D eigenvalue weighted by Gasteiger charge is 2.54. The number of nitrogens with zero attached hydrogens (tertiary/aromatic N) is 2. The van der Waals surface area contributed by atoms with Crippen molar-refractivity contribution in [1.82, 2.24) is 0 Å². The molecule has 0 atom stereocenters. The Bertz CT molecular complexity index is 674. The van der Waals surface area contributed by atoms with Crippen molar-refractivity contribution in [3.05, 3.63) is 23.3 Å². The summed E-state index contributed by atoms with van der Waals surface area (Å²) < 4.78 is 19.6. The first-order valence-corrected chi connectivity index (χ1v) is 9.47. The predicted molar refractivity (Wildman–Crippen MR) is 108 cm³/mol. The van der Waals surface area contributed by atoms with E-state index in [4.69, 9.17) is 14.0 Å². The molecular weight excluding hydrogens is 343 g/mol. The van der Waals surface area contributed by atoms with Gasteiger partial charge in [0.2, 0.25) is 0 Å². The number of benzene rings is 1. The van der Waals surface area contributed by atoms with Crippen LogP contribution in [0.5, 0.6) is 11.5 Å². The zero-order valence-corrected chi connectivity index (χ0v) is 18.7. The molecule has 0 aliphatic carbocycles. The van der Waals surface area contributed by atoms with Gasteiger partial charge in [0.15, 0.2) is 0 Å². The van der Waals surface area contributed by atoms with Crippen molar-refractivity contribution in [2.45, 2.75) is 52.0 Å². The largest absolute Gasteiger partial charge is 0.714 e. The van der Waals surface area contributed by atoms with Crippen LogP contribution in [0.3, 0.4) is 0 Å². The van der Waals surface area contributed by atoms with Gasteiger partial charge in [0.05, 0.1) is 64.6 Å². The van der Waals surface area contributed by atoms with Gasteiger partial charge in [-0.3, -0.25) is 0 Å². The molecule has 0 unspecified atom stereocenters. The third kappa shape index (κ3) is 5.61. The standard InChI is InChI=1S/C20H36BN2O4/c1-19(2)20(3,4)27-21(26-19)25-18-12-15(13-22(5,6)7)17(24)11-16(18)14-23(8,9)10/h11-12H,13-14H2,1-10H3/q+1/p+1. The van der Waals surface area contributed by atoms with Crippen molar-refractivity contribution < 1.29 is 28.0 Å². The predicted octanol–water partition coefficient (Wildman–Crippen LogP) is 2.77.